The minimum atomic E-state index is 0.149. The average Bonchev–Trinajstić information content (AvgIpc) is 2.13. The summed E-state index contributed by atoms with van der Waals surface area (Å²) in [4.78, 5) is 0. The van der Waals surface area contributed by atoms with Crippen LogP contribution in [-0.4, -0.2) is 23.5 Å². The highest BCUT2D eigenvalue weighted by molar-refractivity contribution is 5.86. The SMILES string of the molecule is CCC(C)(C)CN[C@@H](C)/C(C)=N/O. The molecule has 2 N–H and O–H groups in total. The smallest absolute Gasteiger partial charge is 0.0706 e. The van der Waals surface area contributed by atoms with E-state index in [4.69, 9.17) is 5.21 Å². The van der Waals surface area contributed by atoms with Gasteiger partial charge in [0, 0.05) is 12.6 Å². The van der Waals surface area contributed by atoms with Crippen molar-refractivity contribution in [3.8, 4) is 0 Å². The molecule has 1 atom stereocenters. The molecule has 0 rings (SSSR count). The molecule has 3 nitrogen and oxygen atoms in total. The highest BCUT2D eigenvalue weighted by Gasteiger charge is 2.16. The van der Waals surface area contributed by atoms with Gasteiger partial charge >= 0.3 is 0 Å². The summed E-state index contributed by atoms with van der Waals surface area (Å²) in [6.45, 7) is 11.4. The Bertz CT molecular complexity index is 176. The molecule has 0 saturated heterocycles. The number of hydrogen-bond donors (Lipinski definition) is 2. The van der Waals surface area contributed by atoms with Gasteiger partial charge in [0.2, 0.25) is 0 Å². The van der Waals surface area contributed by atoms with Gasteiger partial charge in [-0.2, -0.15) is 0 Å². The van der Waals surface area contributed by atoms with Gasteiger partial charge in [0.25, 0.3) is 0 Å². The van der Waals surface area contributed by atoms with Gasteiger partial charge < -0.3 is 10.5 Å². The van der Waals surface area contributed by atoms with E-state index in [0.717, 1.165) is 18.7 Å². The first kappa shape index (κ1) is 12.4. The number of nitrogens with zero attached hydrogens (tertiary/aromatic N) is 1. The van der Waals surface area contributed by atoms with Crippen LogP contribution in [0, 0.1) is 5.41 Å². The van der Waals surface area contributed by atoms with Crippen LogP contribution in [0.15, 0.2) is 5.16 Å². The lowest BCUT2D eigenvalue weighted by molar-refractivity contribution is 0.307. The molecule has 0 aliphatic rings. The summed E-state index contributed by atoms with van der Waals surface area (Å²) in [5.74, 6) is 0. The van der Waals surface area contributed by atoms with Gasteiger partial charge in [-0.05, 0) is 25.7 Å². The highest BCUT2D eigenvalue weighted by Crippen LogP contribution is 2.17. The van der Waals surface area contributed by atoms with Crippen LogP contribution in [0.3, 0.4) is 0 Å². The lowest BCUT2D eigenvalue weighted by Crippen LogP contribution is -2.38. The van der Waals surface area contributed by atoms with Crippen LogP contribution in [0.1, 0.15) is 41.0 Å². The van der Waals surface area contributed by atoms with Crippen molar-refractivity contribution in [3.63, 3.8) is 0 Å². The van der Waals surface area contributed by atoms with Crippen LogP contribution in [-0.2, 0) is 0 Å². The van der Waals surface area contributed by atoms with Crippen LogP contribution in [0.4, 0.5) is 0 Å². The van der Waals surface area contributed by atoms with Crippen LogP contribution < -0.4 is 5.32 Å². The molecule has 0 aromatic heterocycles. The maximum atomic E-state index is 8.54. The Morgan fingerprint density at radius 1 is 1.54 bits per heavy atom. The van der Waals surface area contributed by atoms with Crippen LogP contribution >= 0.6 is 0 Å². The monoisotopic (exact) mass is 186 g/mol. The topological polar surface area (TPSA) is 44.6 Å². The zero-order chi connectivity index (χ0) is 10.5. The summed E-state index contributed by atoms with van der Waals surface area (Å²) in [6, 6.07) is 0.149. The predicted molar refractivity (Wildman–Crippen MR) is 56.4 cm³/mol. The van der Waals surface area contributed by atoms with E-state index in [1.54, 1.807) is 0 Å². The molecule has 0 aliphatic heterocycles. The molecule has 0 bridgehead atoms. The molecule has 0 spiro atoms. The number of rotatable bonds is 5. The summed E-state index contributed by atoms with van der Waals surface area (Å²) in [5, 5.41) is 15.0. The van der Waals surface area contributed by atoms with Gasteiger partial charge in [-0.1, -0.05) is 25.9 Å². The van der Waals surface area contributed by atoms with E-state index in [-0.39, 0.29) is 6.04 Å². The van der Waals surface area contributed by atoms with Crippen LogP contribution in [0.25, 0.3) is 0 Å². The van der Waals surface area contributed by atoms with Crippen molar-refractivity contribution in [1.29, 1.82) is 0 Å². The third kappa shape index (κ3) is 4.88. The van der Waals surface area contributed by atoms with Crippen LogP contribution in [0.5, 0.6) is 0 Å². The zero-order valence-corrected chi connectivity index (χ0v) is 9.39. The molecular weight excluding hydrogens is 164 g/mol. The predicted octanol–water partition coefficient (Wildman–Crippen LogP) is 2.25. The minimum absolute atomic E-state index is 0.149. The van der Waals surface area contributed by atoms with E-state index in [2.05, 4.69) is 31.2 Å². The second-order valence-corrected chi connectivity index (χ2v) is 4.36. The summed E-state index contributed by atoms with van der Waals surface area (Å²) in [5.41, 5.74) is 1.04. The Morgan fingerprint density at radius 2 is 2.08 bits per heavy atom. The molecule has 0 unspecified atom stereocenters. The highest BCUT2D eigenvalue weighted by atomic mass is 16.4. The first-order chi connectivity index (χ1) is 5.93. The summed E-state index contributed by atoms with van der Waals surface area (Å²) < 4.78 is 0. The molecule has 13 heavy (non-hydrogen) atoms. The molecule has 0 saturated carbocycles. The molecule has 0 radical (unpaired) electrons. The fourth-order valence-corrected chi connectivity index (χ4v) is 0.789. The van der Waals surface area contributed by atoms with Crippen molar-refractivity contribution >= 4 is 5.71 Å². The maximum absolute atomic E-state index is 8.54. The van der Waals surface area contributed by atoms with Gasteiger partial charge in [0.1, 0.15) is 0 Å². The third-order valence-corrected chi connectivity index (χ3v) is 2.63. The molecule has 0 aromatic rings. The van der Waals surface area contributed by atoms with Crippen molar-refractivity contribution in [2.45, 2.75) is 47.1 Å². The quantitative estimate of drug-likeness (QED) is 0.393. The summed E-state index contributed by atoms with van der Waals surface area (Å²) >= 11 is 0. The molecule has 3 heteroatoms. The standard InChI is InChI=1S/C10H22N2O/c1-6-10(4,5)7-11-8(2)9(3)12-13/h8,11,13H,6-7H2,1-5H3/b12-9+/t8-/m0/s1. The van der Waals surface area contributed by atoms with Crippen molar-refractivity contribution < 1.29 is 5.21 Å². The van der Waals surface area contributed by atoms with Crippen LogP contribution in [0.2, 0.25) is 0 Å². The average molecular weight is 186 g/mol. The van der Waals surface area contributed by atoms with Crippen molar-refractivity contribution in [2.24, 2.45) is 10.6 Å². The van der Waals surface area contributed by atoms with Crippen molar-refractivity contribution in [3.05, 3.63) is 0 Å². The van der Waals surface area contributed by atoms with Gasteiger partial charge in [-0.15, -0.1) is 0 Å². The fraction of sp³-hybridized carbons (Fsp3) is 0.900. The first-order valence-corrected chi connectivity index (χ1v) is 4.85. The van der Waals surface area contributed by atoms with Gasteiger partial charge in [-0.3, -0.25) is 0 Å². The molecule has 78 valence electrons. The zero-order valence-electron chi connectivity index (χ0n) is 9.39. The van der Waals surface area contributed by atoms with Crippen molar-refractivity contribution in [2.75, 3.05) is 6.54 Å². The van der Waals surface area contributed by atoms with Gasteiger partial charge in [0.05, 0.1) is 5.71 Å². The van der Waals surface area contributed by atoms with E-state index < -0.39 is 0 Å². The fourth-order valence-electron chi connectivity index (χ4n) is 0.789. The van der Waals surface area contributed by atoms with E-state index in [1.165, 1.54) is 0 Å². The molecule has 0 amide bonds. The number of oxime groups is 1. The molecule has 0 fully saturated rings. The number of nitrogens with one attached hydrogen (secondary N) is 1. The molecular formula is C10H22N2O. The normalized spacial score (nSPS) is 15.9. The lowest BCUT2D eigenvalue weighted by atomic mass is 9.90. The Kier molecular flexibility index (Phi) is 4.99. The van der Waals surface area contributed by atoms with E-state index in [0.29, 0.717) is 5.41 Å². The summed E-state index contributed by atoms with van der Waals surface area (Å²) in [6.07, 6.45) is 1.14. The minimum Gasteiger partial charge on any atom is -0.411 e. The first-order valence-electron chi connectivity index (χ1n) is 4.85. The Balaban J connectivity index is 3.89. The largest absolute Gasteiger partial charge is 0.411 e. The van der Waals surface area contributed by atoms with Gasteiger partial charge in [0.15, 0.2) is 0 Å². The second kappa shape index (κ2) is 5.22. The van der Waals surface area contributed by atoms with Crippen molar-refractivity contribution in [1.82, 2.24) is 5.32 Å². The third-order valence-electron chi connectivity index (χ3n) is 2.63. The lowest BCUT2D eigenvalue weighted by Gasteiger charge is -2.25. The summed E-state index contributed by atoms with van der Waals surface area (Å²) in [7, 11) is 0. The van der Waals surface area contributed by atoms with E-state index in [1.807, 2.05) is 13.8 Å². The van der Waals surface area contributed by atoms with E-state index in [9.17, 15) is 0 Å². The number of hydrogen-bond acceptors (Lipinski definition) is 3. The Hall–Kier alpha value is -0.570. The Morgan fingerprint density at radius 3 is 2.46 bits per heavy atom. The Labute approximate surface area is 81.2 Å². The van der Waals surface area contributed by atoms with E-state index >= 15 is 0 Å². The molecule has 0 aliphatic carbocycles. The second-order valence-electron chi connectivity index (χ2n) is 4.36. The molecule has 0 heterocycles. The van der Waals surface area contributed by atoms with Gasteiger partial charge in [-0.25, -0.2) is 0 Å². The molecule has 0 aromatic carbocycles. The maximum Gasteiger partial charge on any atom is 0.0706 e.